The highest BCUT2D eigenvalue weighted by molar-refractivity contribution is 7.13. The molecule has 0 unspecified atom stereocenters. The number of aliphatic imine (C=N–C) groups is 1. The first-order valence-electron chi connectivity index (χ1n) is 4.73. The van der Waals surface area contributed by atoms with Crippen molar-refractivity contribution in [3.63, 3.8) is 0 Å². The van der Waals surface area contributed by atoms with E-state index < -0.39 is 0 Å². The van der Waals surface area contributed by atoms with Crippen LogP contribution < -0.4 is 0 Å². The third kappa shape index (κ3) is 1.25. The fraction of sp³-hybridized carbons (Fsp3) is 0. The van der Waals surface area contributed by atoms with E-state index in [2.05, 4.69) is 26.7 Å². The molecule has 0 fully saturated rings. The molecular weight excluding hydrogens is 220 g/mol. The summed E-state index contributed by atoms with van der Waals surface area (Å²) in [6.45, 7) is 3.62. The van der Waals surface area contributed by atoms with E-state index in [1.165, 1.54) is 0 Å². The van der Waals surface area contributed by atoms with Crippen LogP contribution in [0.3, 0.4) is 0 Å². The zero-order chi connectivity index (χ0) is 11.0. The Hall–Kier alpha value is -2.01. The van der Waals surface area contributed by atoms with E-state index in [4.69, 9.17) is 0 Å². The molecule has 0 bridgehead atoms. The van der Waals surface area contributed by atoms with Gasteiger partial charge in [-0.3, -0.25) is 4.99 Å². The van der Waals surface area contributed by atoms with Crippen molar-refractivity contribution in [2.45, 2.75) is 0 Å². The monoisotopic (exact) mass is 228 g/mol. The molecule has 0 aliphatic carbocycles. The molecule has 0 radical (unpaired) electrons. The molecule has 0 aromatic carbocycles. The van der Waals surface area contributed by atoms with Crippen molar-refractivity contribution < 1.29 is 0 Å². The zero-order valence-corrected chi connectivity index (χ0v) is 9.16. The number of hydrogen-bond donors (Lipinski definition) is 1. The van der Waals surface area contributed by atoms with Gasteiger partial charge < -0.3 is 4.98 Å². The maximum Gasteiger partial charge on any atom is 0.139 e. The molecule has 5 heteroatoms. The Morgan fingerprint density at radius 2 is 2.31 bits per heavy atom. The van der Waals surface area contributed by atoms with Gasteiger partial charge in [0.15, 0.2) is 0 Å². The minimum atomic E-state index is 0.822. The van der Waals surface area contributed by atoms with Crippen LogP contribution in [0.2, 0.25) is 0 Å². The van der Waals surface area contributed by atoms with Crippen molar-refractivity contribution in [1.29, 1.82) is 0 Å². The molecule has 3 aromatic rings. The average Bonchev–Trinajstić information content (AvgIpc) is 2.97. The first-order valence-corrected chi connectivity index (χ1v) is 5.61. The number of rotatable bonds is 2. The molecule has 16 heavy (non-hydrogen) atoms. The van der Waals surface area contributed by atoms with Crippen LogP contribution in [0.15, 0.2) is 35.0 Å². The molecule has 0 atom stereocenters. The summed E-state index contributed by atoms with van der Waals surface area (Å²) in [5.41, 5.74) is 2.58. The molecule has 0 aliphatic heterocycles. The summed E-state index contributed by atoms with van der Waals surface area (Å²) in [6, 6.07) is 1.95. The average molecular weight is 228 g/mol. The van der Waals surface area contributed by atoms with Gasteiger partial charge in [-0.1, -0.05) is 0 Å². The van der Waals surface area contributed by atoms with Gasteiger partial charge in [-0.2, -0.15) is 0 Å². The maximum absolute atomic E-state index is 4.33. The number of pyridine rings is 1. The lowest BCUT2D eigenvalue weighted by Gasteiger charge is -2.02. The van der Waals surface area contributed by atoms with Gasteiger partial charge >= 0.3 is 0 Å². The van der Waals surface area contributed by atoms with Crippen LogP contribution in [0, 0.1) is 0 Å². The predicted molar refractivity (Wildman–Crippen MR) is 66.4 cm³/mol. The lowest BCUT2D eigenvalue weighted by atomic mass is 10.2. The number of H-pyrrole nitrogens is 1. The molecule has 78 valence electrons. The zero-order valence-electron chi connectivity index (χ0n) is 8.34. The molecule has 0 saturated heterocycles. The lowest BCUT2D eigenvalue weighted by Crippen LogP contribution is -1.82. The highest BCUT2D eigenvalue weighted by Crippen LogP contribution is 2.35. The Morgan fingerprint density at radius 3 is 3.06 bits per heavy atom. The third-order valence-electron chi connectivity index (χ3n) is 2.38. The molecular formula is C11H8N4S. The van der Waals surface area contributed by atoms with Gasteiger partial charge in [-0.05, 0) is 12.8 Å². The van der Waals surface area contributed by atoms with Crippen LogP contribution in [-0.4, -0.2) is 21.7 Å². The smallest absolute Gasteiger partial charge is 0.139 e. The summed E-state index contributed by atoms with van der Waals surface area (Å²) in [4.78, 5) is 15.7. The lowest BCUT2D eigenvalue weighted by molar-refractivity contribution is 1.31. The van der Waals surface area contributed by atoms with Crippen molar-refractivity contribution in [1.82, 2.24) is 15.0 Å². The summed E-state index contributed by atoms with van der Waals surface area (Å²) in [7, 11) is 0. The summed E-state index contributed by atoms with van der Waals surface area (Å²) < 4.78 is 0. The van der Waals surface area contributed by atoms with E-state index >= 15 is 0 Å². The molecule has 3 aromatic heterocycles. The Bertz CT molecular complexity index is 639. The second-order valence-corrected chi connectivity index (χ2v) is 4.15. The number of aromatic amines is 1. The van der Waals surface area contributed by atoms with Crippen LogP contribution in [0.4, 0.5) is 5.69 Å². The Kier molecular flexibility index (Phi) is 2.04. The normalized spacial score (nSPS) is 10.8. The van der Waals surface area contributed by atoms with E-state index in [1.54, 1.807) is 23.7 Å². The van der Waals surface area contributed by atoms with Gasteiger partial charge in [0.2, 0.25) is 0 Å². The molecule has 0 amide bonds. The molecule has 3 rings (SSSR count). The van der Waals surface area contributed by atoms with Crippen LogP contribution in [0.5, 0.6) is 0 Å². The number of aromatic nitrogens is 3. The highest BCUT2D eigenvalue weighted by atomic mass is 32.1. The van der Waals surface area contributed by atoms with Crippen LogP contribution in [0.1, 0.15) is 0 Å². The van der Waals surface area contributed by atoms with Crippen LogP contribution in [0.25, 0.3) is 21.6 Å². The van der Waals surface area contributed by atoms with Crippen molar-refractivity contribution >= 4 is 34.8 Å². The SMILES string of the molecule is C=Nc1c(-c2nccs2)cnc2[nH]ccc12. The Labute approximate surface area is 95.7 Å². The molecule has 0 saturated carbocycles. The van der Waals surface area contributed by atoms with E-state index in [0.29, 0.717) is 0 Å². The summed E-state index contributed by atoms with van der Waals surface area (Å²) >= 11 is 1.57. The number of thiazole rings is 1. The predicted octanol–water partition coefficient (Wildman–Crippen LogP) is 3.02. The largest absolute Gasteiger partial charge is 0.346 e. The minimum absolute atomic E-state index is 0.822. The number of hydrogen-bond acceptors (Lipinski definition) is 4. The number of nitrogens with zero attached hydrogens (tertiary/aromatic N) is 3. The van der Waals surface area contributed by atoms with Gasteiger partial charge in [0.1, 0.15) is 10.7 Å². The standard InChI is InChI=1S/C11H8N4S/c1-12-9-7-2-3-13-10(7)15-6-8(9)11-14-4-5-16-11/h2-6H,1H2,(H,13,15). The second kappa shape index (κ2) is 3.53. The van der Waals surface area contributed by atoms with Gasteiger partial charge in [-0.15, -0.1) is 11.3 Å². The van der Waals surface area contributed by atoms with Crippen LogP contribution >= 0.6 is 11.3 Å². The number of nitrogens with one attached hydrogen (secondary N) is 1. The highest BCUT2D eigenvalue weighted by Gasteiger charge is 2.11. The quantitative estimate of drug-likeness (QED) is 0.685. The number of fused-ring (bicyclic) bond motifs is 1. The van der Waals surface area contributed by atoms with Crippen molar-refractivity contribution in [2.24, 2.45) is 4.99 Å². The van der Waals surface area contributed by atoms with Crippen molar-refractivity contribution in [3.8, 4) is 10.6 Å². The van der Waals surface area contributed by atoms with E-state index in [0.717, 1.165) is 27.3 Å². The van der Waals surface area contributed by atoms with Gasteiger partial charge in [0.25, 0.3) is 0 Å². The minimum Gasteiger partial charge on any atom is -0.346 e. The van der Waals surface area contributed by atoms with Crippen LogP contribution in [-0.2, 0) is 0 Å². The second-order valence-electron chi connectivity index (χ2n) is 3.26. The molecule has 1 N–H and O–H groups in total. The first-order chi connectivity index (χ1) is 7.90. The van der Waals surface area contributed by atoms with E-state index in [-0.39, 0.29) is 0 Å². The summed E-state index contributed by atoms with van der Waals surface area (Å²) in [5.74, 6) is 0. The maximum atomic E-state index is 4.33. The summed E-state index contributed by atoms with van der Waals surface area (Å²) in [6.07, 6.45) is 5.40. The Balaban J connectivity index is 2.36. The van der Waals surface area contributed by atoms with Gasteiger partial charge in [0.05, 0.1) is 11.3 Å². The van der Waals surface area contributed by atoms with Crippen molar-refractivity contribution in [2.75, 3.05) is 0 Å². The van der Waals surface area contributed by atoms with E-state index in [1.807, 2.05) is 17.6 Å². The molecule has 4 nitrogen and oxygen atoms in total. The topological polar surface area (TPSA) is 53.9 Å². The third-order valence-corrected chi connectivity index (χ3v) is 3.19. The van der Waals surface area contributed by atoms with Gasteiger partial charge in [-0.25, -0.2) is 9.97 Å². The fourth-order valence-electron chi connectivity index (χ4n) is 1.68. The molecule has 0 spiro atoms. The van der Waals surface area contributed by atoms with Gasteiger partial charge in [0, 0.05) is 29.4 Å². The van der Waals surface area contributed by atoms with E-state index in [9.17, 15) is 0 Å². The molecule has 3 heterocycles. The fourth-order valence-corrected chi connectivity index (χ4v) is 2.33. The first kappa shape index (κ1) is 9.23. The summed E-state index contributed by atoms with van der Waals surface area (Å²) in [5, 5.41) is 3.82. The van der Waals surface area contributed by atoms with Crippen molar-refractivity contribution in [3.05, 3.63) is 30.0 Å². The molecule has 0 aliphatic rings. The Morgan fingerprint density at radius 1 is 1.38 bits per heavy atom.